The molecular formula is C11H19NO3. The quantitative estimate of drug-likeness (QED) is 0.513. The van der Waals surface area contributed by atoms with Gasteiger partial charge in [0.25, 0.3) is 0 Å². The van der Waals surface area contributed by atoms with E-state index in [9.17, 15) is 9.59 Å². The highest BCUT2D eigenvalue weighted by Gasteiger charge is 2.33. The van der Waals surface area contributed by atoms with E-state index in [2.05, 4.69) is 11.8 Å². The summed E-state index contributed by atoms with van der Waals surface area (Å²) in [5.74, 6) is -0.880. The van der Waals surface area contributed by atoms with Crippen LogP contribution in [0, 0.1) is 5.92 Å². The molecule has 0 bridgehead atoms. The van der Waals surface area contributed by atoms with Crippen LogP contribution in [0.3, 0.4) is 0 Å². The van der Waals surface area contributed by atoms with Gasteiger partial charge in [-0.2, -0.15) is 0 Å². The second-order valence-corrected chi connectivity index (χ2v) is 3.82. The Labute approximate surface area is 90.6 Å². The van der Waals surface area contributed by atoms with Crippen LogP contribution in [-0.4, -0.2) is 42.9 Å². The lowest BCUT2D eigenvalue weighted by Gasteiger charge is -2.30. The Morgan fingerprint density at radius 2 is 2.27 bits per heavy atom. The molecule has 1 saturated heterocycles. The highest BCUT2D eigenvalue weighted by Crippen LogP contribution is 2.14. The molecule has 0 amide bonds. The molecule has 4 heteroatoms. The first-order valence-corrected chi connectivity index (χ1v) is 5.60. The van der Waals surface area contributed by atoms with Gasteiger partial charge in [-0.05, 0) is 19.9 Å². The minimum Gasteiger partial charge on any atom is -0.465 e. The molecule has 1 atom stereocenters. The fraction of sp³-hybridized carbons (Fsp3) is 0.818. The largest absolute Gasteiger partial charge is 0.465 e. The molecule has 1 fully saturated rings. The predicted molar refractivity (Wildman–Crippen MR) is 56.5 cm³/mol. The van der Waals surface area contributed by atoms with E-state index in [4.69, 9.17) is 4.74 Å². The van der Waals surface area contributed by atoms with Crippen molar-refractivity contribution >= 4 is 11.8 Å². The number of ketones is 1. The van der Waals surface area contributed by atoms with Crippen molar-refractivity contribution in [2.45, 2.75) is 26.7 Å². The van der Waals surface area contributed by atoms with Gasteiger partial charge in [0, 0.05) is 19.5 Å². The summed E-state index contributed by atoms with van der Waals surface area (Å²) in [5, 5.41) is 0. The van der Waals surface area contributed by atoms with Crippen LogP contribution in [0.15, 0.2) is 0 Å². The van der Waals surface area contributed by atoms with Crippen molar-refractivity contribution in [2.75, 3.05) is 26.2 Å². The second-order valence-electron chi connectivity index (χ2n) is 3.82. The van der Waals surface area contributed by atoms with E-state index < -0.39 is 5.92 Å². The van der Waals surface area contributed by atoms with Gasteiger partial charge in [-0.1, -0.05) is 6.92 Å². The standard InChI is InChI=1S/C11H19NO3/c1-3-6-12-7-5-10(13)9(8-12)11(14)15-4-2/h9H,3-8H2,1-2H3/t9-/m0/s1. The molecule has 1 heterocycles. The molecule has 0 aromatic heterocycles. The number of hydrogen-bond acceptors (Lipinski definition) is 4. The molecule has 1 rings (SSSR count). The van der Waals surface area contributed by atoms with Gasteiger partial charge in [0.2, 0.25) is 0 Å². The van der Waals surface area contributed by atoms with Crippen LogP contribution in [0.25, 0.3) is 0 Å². The van der Waals surface area contributed by atoms with Gasteiger partial charge in [-0.15, -0.1) is 0 Å². The van der Waals surface area contributed by atoms with E-state index in [0.717, 1.165) is 19.5 Å². The normalized spacial score (nSPS) is 22.8. The summed E-state index contributed by atoms with van der Waals surface area (Å²) >= 11 is 0. The number of hydrogen-bond donors (Lipinski definition) is 0. The third-order valence-corrected chi connectivity index (χ3v) is 2.61. The Balaban J connectivity index is 2.53. The van der Waals surface area contributed by atoms with Crippen molar-refractivity contribution in [3.63, 3.8) is 0 Å². The molecule has 86 valence electrons. The van der Waals surface area contributed by atoms with Crippen molar-refractivity contribution in [2.24, 2.45) is 5.92 Å². The highest BCUT2D eigenvalue weighted by molar-refractivity contribution is 5.99. The van der Waals surface area contributed by atoms with Crippen molar-refractivity contribution in [3.8, 4) is 0 Å². The Morgan fingerprint density at radius 1 is 1.53 bits per heavy atom. The Bertz CT molecular complexity index is 240. The molecule has 1 aliphatic rings. The van der Waals surface area contributed by atoms with Crippen LogP contribution in [-0.2, 0) is 14.3 Å². The van der Waals surface area contributed by atoms with Gasteiger partial charge in [0.05, 0.1) is 6.61 Å². The zero-order valence-electron chi connectivity index (χ0n) is 9.49. The summed E-state index contributed by atoms with van der Waals surface area (Å²) in [6.07, 6.45) is 1.52. The fourth-order valence-corrected chi connectivity index (χ4v) is 1.86. The number of esters is 1. The number of Topliss-reactive ketones (excluding diaryl/α,β-unsaturated/α-hetero) is 1. The van der Waals surface area contributed by atoms with Crippen molar-refractivity contribution < 1.29 is 14.3 Å². The predicted octanol–water partition coefficient (Wildman–Crippen LogP) is 0.851. The van der Waals surface area contributed by atoms with Crippen LogP contribution < -0.4 is 0 Å². The summed E-state index contributed by atoms with van der Waals surface area (Å²) in [4.78, 5) is 25.2. The second kappa shape index (κ2) is 5.85. The van der Waals surface area contributed by atoms with Crippen molar-refractivity contribution in [3.05, 3.63) is 0 Å². The van der Waals surface area contributed by atoms with E-state index >= 15 is 0 Å². The Morgan fingerprint density at radius 3 is 2.87 bits per heavy atom. The van der Waals surface area contributed by atoms with Crippen LogP contribution >= 0.6 is 0 Å². The molecule has 4 nitrogen and oxygen atoms in total. The summed E-state index contributed by atoms with van der Waals surface area (Å²) in [6.45, 7) is 6.46. The fourth-order valence-electron chi connectivity index (χ4n) is 1.86. The smallest absolute Gasteiger partial charge is 0.317 e. The summed E-state index contributed by atoms with van der Waals surface area (Å²) in [5.41, 5.74) is 0. The topological polar surface area (TPSA) is 46.6 Å². The number of rotatable bonds is 4. The summed E-state index contributed by atoms with van der Waals surface area (Å²) < 4.78 is 4.89. The van der Waals surface area contributed by atoms with E-state index in [0.29, 0.717) is 19.6 Å². The van der Waals surface area contributed by atoms with E-state index in [1.54, 1.807) is 6.92 Å². The van der Waals surface area contributed by atoms with Crippen LogP contribution in [0.2, 0.25) is 0 Å². The van der Waals surface area contributed by atoms with Gasteiger partial charge in [-0.3, -0.25) is 9.59 Å². The van der Waals surface area contributed by atoms with Crippen LogP contribution in [0.4, 0.5) is 0 Å². The van der Waals surface area contributed by atoms with Crippen LogP contribution in [0.5, 0.6) is 0 Å². The zero-order chi connectivity index (χ0) is 11.3. The molecule has 0 N–H and O–H groups in total. The number of piperidine rings is 1. The lowest BCUT2D eigenvalue weighted by molar-refractivity contribution is -0.153. The molecule has 0 aromatic carbocycles. The molecule has 0 aromatic rings. The van der Waals surface area contributed by atoms with E-state index in [1.165, 1.54) is 0 Å². The minimum absolute atomic E-state index is 0.0285. The Kier molecular flexibility index (Phi) is 4.75. The lowest BCUT2D eigenvalue weighted by atomic mass is 9.96. The molecule has 0 spiro atoms. The van der Waals surface area contributed by atoms with Gasteiger partial charge in [-0.25, -0.2) is 0 Å². The lowest BCUT2D eigenvalue weighted by Crippen LogP contribution is -2.45. The van der Waals surface area contributed by atoms with Gasteiger partial charge >= 0.3 is 5.97 Å². The Hall–Kier alpha value is -0.900. The minimum atomic E-state index is -0.551. The number of carbonyl (C=O) groups excluding carboxylic acids is 2. The van der Waals surface area contributed by atoms with Gasteiger partial charge in [0.15, 0.2) is 0 Å². The SMILES string of the molecule is CCCN1CCC(=O)[C@@H](C(=O)OCC)C1. The van der Waals surface area contributed by atoms with Gasteiger partial charge in [0.1, 0.15) is 11.7 Å². The first-order valence-electron chi connectivity index (χ1n) is 5.60. The average molecular weight is 213 g/mol. The maximum atomic E-state index is 11.5. The monoisotopic (exact) mass is 213 g/mol. The number of nitrogens with zero attached hydrogens (tertiary/aromatic N) is 1. The van der Waals surface area contributed by atoms with E-state index in [-0.39, 0.29) is 11.8 Å². The molecule has 0 radical (unpaired) electrons. The van der Waals surface area contributed by atoms with Crippen molar-refractivity contribution in [1.82, 2.24) is 4.90 Å². The average Bonchev–Trinajstić information content (AvgIpc) is 2.21. The third kappa shape index (κ3) is 3.30. The van der Waals surface area contributed by atoms with Crippen LogP contribution in [0.1, 0.15) is 26.7 Å². The summed E-state index contributed by atoms with van der Waals surface area (Å²) in [6, 6.07) is 0. The maximum Gasteiger partial charge on any atom is 0.317 e. The molecule has 15 heavy (non-hydrogen) atoms. The summed E-state index contributed by atoms with van der Waals surface area (Å²) in [7, 11) is 0. The first-order chi connectivity index (χ1) is 7.19. The molecule has 0 saturated carbocycles. The maximum absolute atomic E-state index is 11.5. The zero-order valence-corrected chi connectivity index (χ0v) is 9.49. The number of carbonyl (C=O) groups is 2. The third-order valence-electron chi connectivity index (χ3n) is 2.61. The van der Waals surface area contributed by atoms with Crippen molar-refractivity contribution in [1.29, 1.82) is 0 Å². The first kappa shape index (κ1) is 12.2. The number of likely N-dealkylation sites (tertiary alicyclic amines) is 1. The highest BCUT2D eigenvalue weighted by atomic mass is 16.5. The molecular weight excluding hydrogens is 194 g/mol. The van der Waals surface area contributed by atoms with E-state index in [1.807, 2.05) is 0 Å². The number of ether oxygens (including phenoxy) is 1. The molecule has 0 unspecified atom stereocenters. The molecule has 0 aliphatic carbocycles. The molecule has 1 aliphatic heterocycles. The van der Waals surface area contributed by atoms with Gasteiger partial charge < -0.3 is 9.64 Å².